The van der Waals surface area contributed by atoms with Crippen LogP contribution in [0.2, 0.25) is 0 Å². The van der Waals surface area contributed by atoms with Gasteiger partial charge in [0.05, 0.1) is 12.2 Å². The van der Waals surface area contributed by atoms with Crippen LogP contribution >= 0.6 is 0 Å². The number of anilines is 1. The van der Waals surface area contributed by atoms with Gasteiger partial charge >= 0.3 is 0 Å². The lowest BCUT2D eigenvalue weighted by molar-refractivity contribution is 0.820. The summed E-state index contributed by atoms with van der Waals surface area (Å²) in [7, 11) is 0. The molecule has 2 nitrogen and oxygen atoms in total. The summed E-state index contributed by atoms with van der Waals surface area (Å²) in [5.41, 5.74) is 10.5. The first-order chi connectivity index (χ1) is 16.2. The third kappa shape index (κ3) is 4.43. The molecule has 0 radical (unpaired) electrons. The molecular weight excluding hydrogens is 412 g/mol. The minimum absolute atomic E-state index is 0.414. The van der Waals surface area contributed by atoms with Crippen molar-refractivity contribution in [3.8, 4) is 0 Å². The van der Waals surface area contributed by atoms with E-state index < -0.39 is 0 Å². The largest absolute Gasteiger partial charge is 0.321 e. The molecule has 0 bridgehead atoms. The zero-order chi connectivity index (χ0) is 24.6. The molecule has 1 aliphatic heterocycles. The highest BCUT2D eigenvalue weighted by molar-refractivity contribution is 6.15. The first-order valence-corrected chi connectivity index (χ1v) is 12.9. The van der Waals surface area contributed by atoms with E-state index in [1.165, 1.54) is 39.1 Å². The number of aliphatic imine (C=N–C) groups is 1. The number of rotatable bonds is 6. The summed E-state index contributed by atoms with van der Waals surface area (Å²) in [5.74, 6) is 2.79. The van der Waals surface area contributed by atoms with E-state index in [0.29, 0.717) is 23.7 Å². The van der Waals surface area contributed by atoms with Gasteiger partial charge in [-0.15, -0.1) is 0 Å². The Bertz CT molecular complexity index is 1140. The SMILES string of the molecule is CC(C)c1cccc(C(C)C)c1N=C1c2ccccc2CN1c1c(C(C)C)cccc1C(C)C. The molecule has 1 aliphatic rings. The van der Waals surface area contributed by atoms with Gasteiger partial charge in [-0.1, -0.05) is 116 Å². The molecule has 0 saturated heterocycles. The topological polar surface area (TPSA) is 15.6 Å². The minimum Gasteiger partial charge on any atom is -0.321 e. The molecule has 0 spiro atoms. The van der Waals surface area contributed by atoms with Gasteiger partial charge in [-0.2, -0.15) is 0 Å². The molecule has 0 aliphatic carbocycles. The minimum atomic E-state index is 0.414. The fourth-order valence-corrected chi connectivity index (χ4v) is 5.14. The number of nitrogens with zero attached hydrogens (tertiary/aromatic N) is 2. The lowest BCUT2D eigenvalue weighted by Crippen LogP contribution is -2.27. The van der Waals surface area contributed by atoms with Crippen LogP contribution in [-0.2, 0) is 6.54 Å². The highest BCUT2D eigenvalue weighted by Crippen LogP contribution is 2.42. The molecule has 3 aromatic carbocycles. The second-order valence-electron chi connectivity index (χ2n) is 10.9. The molecule has 0 aromatic heterocycles. The summed E-state index contributed by atoms with van der Waals surface area (Å²) in [5, 5.41) is 0. The number of para-hydroxylation sites is 2. The van der Waals surface area contributed by atoms with Crippen LogP contribution in [0, 0.1) is 0 Å². The fraction of sp³-hybridized carbons (Fsp3) is 0.406. The Morgan fingerprint density at radius 2 is 1.06 bits per heavy atom. The highest BCUT2D eigenvalue weighted by Gasteiger charge is 2.31. The van der Waals surface area contributed by atoms with Crippen molar-refractivity contribution in [1.82, 2.24) is 0 Å². The predicted octanol–water partition coefficient (Wildman–Crippen LogP) is 9.28. The Morgan fingerprint density at radius 1 is 0.588 bits per heavy atom. The number of amidine groups is 1. The second kappa shape index (κ2) is 9.78. The van der Waals surface area contributed by atoms with Crippen LogP contribution in [0.4, 0.5) is 11.4 Å². The molecule has 0 N–H and O–H groups in total. The summed E-state index contributed by atoms with van der Waals surface area (Å²) in [6, 6.07) is 22.3. The van der Waals surface area contributed by atoms with Crippen molar-refractivity contribution in [2.75, 3.05) is 4.90 Å². The van der Waals surface area contributed by atoms with Crippen LogP contribution in [0.1, 0.15) is 112 Å². The molecule has 0 unspecified atom stereocenters. The normalized spacial score (nSPS) is 14.8. The zero-order valence-electron chi connectivity index (χ0n) is 22.2. The average molecular weight is 453 g/mol. The molecule has 0 fully saturated rings. The first-order valence-electron chi connectivity index (χ1n) is 12.9. The first kappa shape index (κ1) is 24.3. The lowest BCUT2D eigenvalue weighted by atomic mass is 9.91. The van der Waals surface area contributed by atoms with Gasteiger partial charge in [0.2, 0.25) is 0 Å². The van der Waals surface area contributed by atoms with Crippen molar-refractivity contribution in [3.05, 3.63) is 94.0 Å². The highest BCUT2D eigenvalue weighted by atomic mass is 15.2. The van der Waals surface area contributed by atoms with E-state index in [9.17, 15) is 0 Å². The van der Waals surface area contributed by atoms with Crippen molar-refractivity contribution >= 4 is 17.2 Å². The van der Waals surface area contributed by atoms with E-state index in [2.05, 4.69) is 121 Å². The van der Waals surface area contributed by atoms with Gasteiger partial charge in [0, 0.05) is 11.3 Å². The second-order valence-corrected chi connectivity index (χ2v) is 10.9. The van der Waals surface area contributed by atoms with Crippen molar-refractivity contribution in [2.24, 2.45) is 4.99 Å². The van der Waals surface area contributed by atoms with Crippen LogP contribution in [-0.4, -0.2) is 5.84 Å². The van der Waals surface area contributed by atoms with Gasteiger partial charge in [-0.3, -0.25) is 0 Å². The number of hydrogen-bond donors (Lipinski definition) is 0. The summed E-state index contributed by atoms with van der Waals surface area (Å²) in [6.07, 6.45) is 0. The maximum absolute atomic E-state index is 5.54. The van der Waals surface area contributed by atoms with Gasteiger partial charge in [-0.05, 0) is 51.5 Å². The molecule has 3 aromatic rings. The van der Waals surface area contributed by atoms with E-state index in [1.54, 1.807) is 0 Å². The van der Waals surface area contributed by atoms with Crippen molar-refractivity contribution < 1.29 is 0 Å². The van der Waals surface area contributed by atoms with E-state index in [-0.39, 0.29) is 0 Å². The van der Waals surface area contributed by atoms with Crippen LogP contribution < -0.4 is 4.90 Å². The number of fused-ring (bicyclic) bond motifs is 1. The fourth-order valence-electron chi connectivity index (χ4n) is 5.14. The van der Waals surface area contributed by atoms with Gasteiger partial charge < -0.3 is 4.90 Å². The molecule has 2 heteroatoms. The average Bonchev–Trinajstić information content (AvgIpc) is 3.16. The van der Waals surface area contributed by atoms with Gasteiger partial charge in [0.1, 0.15) is 5.84 Å². The third-order valence-corrected chi connectivity index (χ3v) is 7.01. The summed E-state index contributed by atoms with van der Waals surface area (Å²) in [4.78, 5) is 8.04. The van der Waals surface area contributed by atoms with Crippen molar-refractivity contribution in [1.29, 1.82) is 0 Å². The van der Waals surface area contributed by atoms with Crippen LogP contribution in [0.3, 0.4) is 0 Å². The molecule has 178 valence electrons. The van der Waals surface area contributed by atoms with Gasteiger partial charge in [0.15, 0.2) is 0 Å². The standard InChI is InChI=1S/C32H40N2/c1-20(2)25-15-11-16-26(21(3)4)30(25)33-32-29-14-10-9-13-24(29)19-34(32)31-27(22(5)6)17-12-18-28(31)23(7)8/h9-18,20-23H,19H2,1-8H3. The van der Waals surface area contributed by atoms with E-state index >= 15 is 0 Å². The van der Waals surface area contributed by atoms with Crippen LogP contribution in [0.5, 0.6) is 0 Å². The quantitative estimate of drug-likeness (QED) is 0.364. The molecule has 0 saturated carbocycles. The smallest absolute Gasteiger partial charge is 0.141 e. The maximum Gasteiger partial charge on any atom is 0.141 e. The van der Waals surface area contributed by atoms with Crippen LogP contribution in [0.25, 0.3) is 0 Å². The molecule has 0 atom stereocenters. The number of hydrogen-bond acceptors (Lipinski definition) is 1. The van der Waals surface area contributed by atoms with Crippen LogP contribution in [0.15, 0.2) is 65.7 Å². The predicted molar refractivity (Wildman–Crippen MR) is 148 cm³/mol. The summed E-state index contributed by atoms with van der Waals surface area (Å²) < 4.78 is 0. The molecular formula is C32H40N2. The Kier molecular flexibility index (Phi) is 6.98. The maximum atomic E-state index is 5.54. The molecule has 0 amide bonds. The van der Waals surface area contributed by atoms with Crippen molar-refractivity contribution in [3.63, 3.8) is 0 Å². The lowest BCUT2D eigenvalue weighted by Gasteiger charge is -2.29. The van der Waals surface area contributed by atoms with E-state index in [1.807, 2.05) is 0 Å². The van der Waals surface area contributed by atoms with E-state index in [0.717, 1.165) is 18.1 Å². The Labute approximate surface area is 206 Å². The molecule has 34 heavy (non-hydrogen) atoms. The van der Waals surface area contributed by atoms with Gasteiger partial charge in [-0.25, -0.2) is 4.99 Å². The Morgan fingerprint density at radius 3 is 1.56 bits per heavy atom. The molecule has 4 rings (SSSR count). The van der Waals surface area contributed by atoms with Crippen molar-refractivity contribution in [2.45, 2.75) is 85.6 Å². The Hall–Kier alpha value is -2.87. The summed E-state index contributed by atoms with van der Waals surface area (Å²) >= 11 is 0. The van der Waals surface area contributed by atoms with Gasteiger partial charge in [0.25, 0.3) is 0 Å². The summed E-state index contributed by atoms with van der Waals surface area (Å²) in [6.45, 7) is 19.1. The molecule has 1 heterocycles. The monoisotopic (exact) mass is 452 g/mol. The Balaban J connectivity index is 2.03. The third-order valence-electron chi connectivity index (χ3n) is 7.01. The van der Waals surface area contributed by atoms with E-state index in [4.69, 9.17) is 4.99 Å². The zero-order valence-corrected chi connectivity index (χ0v) is 22.2. The number of benzene rings is 3.